The summed E-state index contributed by atoms with van der Waals surface area (Å²) in [4.78, 5) is 69.4. The molecule has 13 heteroatoms. The van der Waals surface area contributed by atoms with Crippen LogP contribution in [0.15, 0.2) is 24.3 Å². The first-order chi connectivity index (χ1) is 21.2. The fourth-order valence-electron chi connectivity index (χ4n) is 6.00. The Morgan fingerprint density at radius 1 is 1.02 bits per heavy atom. The van der Waals surface area contributed by atoms with E-state index in [1.54, 1.807) is 37.5 Å². The number of nitrogens with one attached hydrogen (secondary N) is 1. The van der Waals surface area contributed by atoms with E-state index >= 15 is 0 Å². The molecule has 2 atom stereocenters. The minimum atomic E-state index is -1.14. The summed E-state index contributed by atoms with van der Waals surface area (Å²) >= 11 is 0. The number of amides is 4. The van der Waals surface area contributed by atoms with Crippen LogP contribution in [0.1, 0.15) is 70.3 Å². The van der Waals surface area contributed by atoms with Gasteiger partial charge in [0.2, 0.25) is 11.8 Å². The lowest BCUT2D eigenvalue weighted by atomic mass is 9.83. The van der Waals surface area contributed by atoms with Crippen molar-refractivity contribution in [2.75, 3.05) is 33.2 Å². The number of piperazine rings is 1. The van der Waals surface area contributed by atoms with Gasteiger partial charge >= 0.3 is 12.1 Å². The molecule has 4 amide bonds. The average Bonchev–Trinajstić information content (AvgIpc) is 3.34. The molecule has 4 rings (SSSR count). The quantitative estimate of drug-likeness (QED) is 0.456. The molecule has 0 unspecified atom stereocenters. The monoisotopic (exact) mass is 629 g/mol. The highest BCUT2D eigenvalue weighted by molar-refractivity contribution is 5.99. The number of benzene rings is 1. The zero-order chi connectivity index (χ0) is 33.1. The van der Waals surface area contributed by atoms with Crippen LogP contribution in [-0.4, -0.2) is 105 Å². The zero-order valence-corrected chi connectivity index (χ0v) is 26.7. The summed E-state index contributed by atoms with van der Waals surface area (Å²) < 4.78 is 20.6. The molecule has 246 valence electrons. The zero-order valence-electron chi connectivity index (χ0n) is 26.7. The number of nitrogens with zero attached hydrogens (tertiary/aromatic N) is 4. The standard InChI is InChI=1S/C32H44FN5O7/c1-20(35(5)31(44)45-32(2,3)4)28(41)34-27(21-9-7-6-8-10-21)30(43)37-15-13-36(14-16-37)29(42)25-18-22-17-23(33)11-12-24(22)38(25)19-26(39)40/h11-12,17-18,20-21,27H,6-10,13-16,19H2,1-5H3,(H,34,41)(H,39,40)/t20-,27-/m0/s1. The van der Waals surface area contributed by atoms with E-state index in [0.717, 1.165) is 32.1 Å². The van der Waals surface area contributed by atoms with Crippen LogP contribution in [0.25, 0.3) is 10.9 Å². The van der Waals surface area contributed by atoms with Crippen LogP contribution in [0, 0.1) is 11.7 Å². The van der Waals surface area contributed by atoms with E-state index < -0.39 is 53.9 Å². The molecule has 0 radical (unpaired) electrons. The number of ether oxygens (including phenoxy) is 1. The Balaban J connectivity index is 1.45. The van der Waals surface area contributed by atoms with Crippen molar-refractivity contribution in [2.24, 2.45) is 5.92 Å². The highest BCUT2D eigenvalue weighted by Crippen LogP contribution is 2.28. The van der Waals surface area contributed by atoms with Crippen molar-refractivity contribution in [3.63, 3.8) is 0 Å². The average molecular weight is 630 g/mol. The molecule has 1 aliphatic heterocycles. The summed E-state index contributed by atoms with van der Waals surface area (Å²) in [6.45, 7) is 7.22. The van der Waals surface area contributed by atoms with Crippen LogP contribution in [0.3, 0.4) is 0 Å². The number of aromatic nitrogens is 1. The molecule has 1 saturated heterocycles. The van der Waals surface area contributed by atoms with Crippen molar-refractivity contribution < 1.29 is 38.2 Å². The van der Waals surface area contributed by atoms with Crippen LogP contribution in [-0.2, 0) is 25.7 Å². The molecule has 0 spiro atoms. The highest BCUT2D eigenvalue weighted by Gasteiger charge is 2.38. The number of fused-ring (bicyclic) bond motifs is 1. The summed E-state index contributed by atoms with van der Waals surface area (Å²) in [5, 5.41) is 12.8. The number of aliphatic carboxylic acids is 1. The lowest BCUT2D eigenvalue weighted by Crippen LogP contribution is -2.59. The van der Waals surface area contributed by atoms with Crippen LogP contribution in [0.4, 0.5) is 9.18 Å². The third-order valence-electron chi connectivity index (χ3n) is 8.58. The number of carboxylic acid groups (broad SMARTS) is 1. The van der Waals surface area contributed by atoms with Crippen LogP contribution >= 0.6 is 0 Å². The minimum Gasteiger partial charge on any atom is -0.480 e. The van der Waals surface area contributed by atoms with E-state index in [9.17, 15) is 33.5 Å². The van der Waals surface area contributed by atoms with Gasteiger partial charge in [0.05, 0.1) is 0 Å². The summed E-state index contributed by atoms with van der Waals surface area (Å²) in [7, 11) is 1.48. The second-order valence-corrected chi connectivity index (χ2v) is 13.0. The lowest BCUT2D eigenvalue weighted by molar-refractivity contribution is -0.140. The van der Waals surface area contributed by atoms with Crippen molar-refractivity contribution in [1.29, 1.82) is 0 Å². The van der Waals surface area contributed by atoms with Gasteiger partial charge in [-0.3, -0.25) is 24.1 Å². The van der Waals surface area contributed by atoms with E-state index in [-0.39, 0.29) is 43.7 Å². The maximum Gasteiger partial charge on any atom is 0.410 e. The van der Waals surface area contributed by atoms with Gasteiger partial charge < -0.3 is 29.5 Å². The smallest absolute Gasteiger partial charge is 0.410 e. The Hall–Kier alpha value is -4.16. The third-order valence-corrected chi connectivity index (χ3v) is 8.58. The number of halogens is 1. The first kappa shape index (κ1) is 33.7. The molecule has 2 aliphatic rings. The summed E-state index contributed by atoms with van der Waals surface area (Å²) in [6.07, 6.45) is 3.91. The van der Waals surface area contributed by atoms with Gasteiger partial charge in [-0.1, -0.05) is 19.3 Å². The van der Waals surface area contributed by atoms with Gasteiger partial charge in [0.1, 0.15) is 35.7 Å². The SMILES string of the molecule is C[C@@H](C(=O)N[C@H](C(=O)N1CCN(C(=O)c2cc3cc(F)ccc3n2CC(=O)O)CC1)C1CCCCC1)N(C)C(=O)OC(C)(C)C. The van der Waals surface area contributed by atoms with E-state index in [0.29, 0.717) is 10.9 Å². The maximum absolute atomic E-state index is 13.9. The van der Waals surface area contributed by atoms with Gasteiger partial charge in [-0.15, -0.1) is 0 Å². The molecule has 2 N–H and O–H groups in total. The molecule has 1 aliphatic carbocycles. The number of hydrogen-bond donors (Lipinski definition) is 2. The normalized spacial score (nSPS) is 17.5. The summed E-state index contributed by atoms with van der Waals surface area (Å²) in [6, 6.07) is 3.77. The van der Waals surface area contributed by atoms with E-state index in [1.165, 1.54) is 40.8 Å². The Bertz CT molecular complexity index is 1440. The largest absolute Gasteiger partial charge is 0.480 e. The number of carbonyl (C=O) groups is 5. The Kier molecular flexibility index (Phi) is 10.4. The minimum absolute atomic E-state index is 0.0546. The van der Waals surface area contributed by atoms with Gasteiger partial charge in [-0.05, 0) is 70.7 Å². The van der Waals surface area contributed by atoms with Crippen LogP contribution in [0.5, 0.6) is 0 Å². The number of likely N-dealkylation sites (N-methyl/N-ethyl adjacent to an activating group) is 1. The molecule has 1 aromatic heterocycles. The molecular formula is C32H44FN5O7. The second-order valence-electron chi connectivity index (χ2n) is 13.0. The first-order valence-electron chi connectivity index (χ1n) is 15.5. The molecule has 2 heterocycles. The van der Waals surface area contributed by atoms with E-state index in [4.69, 9.17) is 4.74 Å². The number of rotatable bonds is 8. The van der Waals surface area contributed by atoms with Crippen molar-refractivity contribution in [2.45, 2.75) is 84.0 Å². The van der Waals surface area contributed by atoms with Gasteiger partial charge in [0, 0.05) is 44.1 Å². The van der Waals surface area contributed by atoms with E-state index in [2.05, 4.69) is 5.32 Å². The fourth-order valence-corrected chi connectivity index (χ4v) is 6.00. The molecule has 45 heavy (non-hydrogen) atoms. The molecule has 0 bridgehead atoms. The second kappa shape index (κ2) is 13.9. The molecule has 1 saturated carbocycles. The van der Waals surface area contributed by atoms with Crippen molar-refractivity contribution in [3.8, 4) is 0 Å². The lowest BCUT2D eigenvalue weighted by Gasteiger charge is -2.39. The van der Waals surface area contributed by atoms with E-state index in [1.807, 2.05) is 0 Å². The fraction of sp³-hybridized carbons (Fsp3) is 0.594. The Labute approximate surface area is 262 Å². The maximum atomic E-state index is 13.9. The topological polar surface area (TPSA) is 141 Å². The predicted octanol–water partition coefficient (Wildman–Crippen LogP) is 3.47. The van der Waals surface area contributed by atoms with Gasteiger partial charge in [0.15, 0.2) is 0 Å². The predicted molar refractivity (Wildman–Crippen MR) is 164 cm³/mol. The van der Waals surface area contributed by atoms with Crippen molar-refractivity contribution in [1.82, 2.24) is 24.6 Å². The Morgan fingerprint density at radius 3 is 2.24 bits per heavy atom. The molecule has 1 aromatic carbocycles. The number of carbonyl (C=O) groups excluding carboxylic acids is 4. The van der Waals surface area contributed by atoms with Gasteiger partial charge in [-0.25, -0.2) is 9.18 Å². The van der Waals surface area contributed by atoms with Crippen LogP contribution < -0.4 is 5.32 Å². The molecule has 2 fully saturated rings. The van der Waals surface area contributed by atoms with Crippen molar-refractivity contribution >= 4 is 40.7 Å². The third kappa shape index (κ3) is 8.12. The Morgan fingerprint density at radius 2 is 1.64 bits per heavy atom. The number of carboxylic acids is 1. The van der Waals surface area contributed by atoms with Crippen molar-refractivity contribution in [3.05, 3.63) is 35.8 Å². The summed E-state index contributed by atoms with van der Waals surface area (Å²) in [5.41, 5.74) is -0.155. The van der Waals surface area contributed by atoms with Crippen LogP contribution in [0.2, 0.25) is 0 Å². The van der Waals surface area contributed by atoms with Gasteiger partial charge in [-0.2, -0.15) is 0 Å². The number of hydrogen-bond acceptors (Lipinski definition) is 6. The van der Waals surface area contributed by atoms with Gasteiger partial charge in [0.25, 0.3) is 5.91 Å². The highest BCUT2D eigenvalue weighted by atomic mass is 19.1. The summed E-state index contributed by atoms with van der Waals surface area (Å²) in [5.74, 6) is -2.78. The first-order valence-corrected chi connectivity index (χ1v) is 15.5. The molecular weight excluding hydrogens is 585 g/mol. The molecule has 2 aromatic rings. The molecule has 12 nitrogen and oxygen atoms in total.